The first-order valence-corrected chi connectivity index (χ1v) is 7.88. The van der Waals surface area contributed by atoms with Crippen LogP contribution in [0.5, 0.6) is 0 Å². The average Bonchev–Trinajstić information content (AvgIpc) is 2.99. The molecular formula is C14H15BrN2S. The number of nitrogens with zero attached hydrogens (tertiary/aromatic N) is 2. The van der Waals surface area contributed by atoms with E-state index < -0.39 is 0 Å². The monoisotopic (exact) mass is 322 g/mol. The fourth-order valence-electron chi connectivity index (χ4n) is 2.38. The molecule has 0 unspecified atom stereocenters. The molecule has 2 aromatic rings. The Labute approximate surface area is 120 Å². The van der Waals surface area contributed by atoms with Crippen molar-refractivity contribution in [3.63, 3.8) is 0 Å². The van der Waals surface area contributed by atoms with E-state index >= 15 is 0 Å². The Morgan fingerprint density at radius 2 is 2.06 bits per heavy atom. The molecule has 1 saturated heterocycles. The SMILES string of the molecule is Cc1nc(-c2ccc(N3CCCC3)c(Br)c2)cs1. The van der Waals surface area contributed by atoms with E-state index in [4.69, 9.17) is 0 Å². The maximum absolute atomic E-state index is 4.53. The van der Waals surface area contributed by atoms with Gasteiger partial charge in [-0.2, -0.15) is 0 Å². The number of anilines is 1. The third-order valence-corrected chi connectivity index (χ3v) is 4.72. The summed E-state index contributed by atoms with van der Waals surface area (Å²) in [4.78, 5) is 6.98. The molecule has 1 aromatic carbocycles. The van der Waals surface area contributed by atoms with E-state index in [0.717, 1.165) is 10.7 Å². The molecule has 0 spiro atoms. The van der Waals surface area contributed by atoms with Crippen LogP contribution in [0.2, 0.25) is 0 Å². The maximum atomic E-state index is 4.53. The Morgan fingerprint density at radius 1 is 1.28 bits per heavy atom. The Bertz CT molecular complexity index is 559. The van der Waals surface area contributed by atoms with Crippen LogP contribution in [-0.2, 0) is 0 Å². The molecule has 94 valence electrons. The molecule has 4 heteroatoms. The van der Waals surface area contributed by atoms with Gasteiger partial charge in [0, 0.05) is 28.5 Å². The van der Waals surface area contributed by atoms with E-state index in [1.807, 2.05) is 6.92 Å². The lowest BCUT2D eigenvalue weighted by Gasteiger charge is -2.19. The second-order valence-corrected chi connectivity index (χ2v) is 6.53. The summed E-state index contributed by atoms with van der Waals surface area (Å²) < 4.78 is 1.17. The van der Waals surface area contributed by atoms with Gasteiger partial charge >= 0.3 is 0 Å². The van der Waals surface area contributed by atoms with Gasteiger partial charge in [0.15, 0.2) is 0 Å². The minimum absolute atomic E-state index is 1.08. The molecule has 1 fully saturated rings. The molecule has 3 rings (SSSR count). The summed E-state index contributed by atoms with van der Waals surface area (Å²) in [6.07, 6.45) is 2.61. The van der Waals surface area contributed by atoms with Crippen LogP contribution in [-0.4, -0.2) is 18.1 Å². The third kappa shape index (κ3) is 2.31. The third-order valence-electron chi connectivity index (χ3n) is 3.31. The summed E-state index contributed by atoms with van der Waals surface area (Å²) in [5, 5.41) is 3.23. The number of aromatic nitrogens is 1. The van der Waals surface area contributed by atoms with E-state index in [-0.39, 0.29) is 0 Å². The minimum atomic E-state index is 1.08. The van der Waals surface area contributed by atoms with Crippen molar-refractivity contribution in [2.45, 2.75) is 19.8 Å². The normalized spacial score (nSPS) is 15.3. The van der Waals surface area contributed by atoms with Crippen LogP contribution in [0.15, 0.2) is 28.1 Å². The fourth-order valence-corrected chi connectivity index (χ4v) is 3.63. The Balaban J connectivity index is 1.93. The molecule has 1 aromatic heterocycles. The van der Waals surface area contributed by atoms with Gasteiger partial charge in [0.2, 0.25) is 0 Å². The molecule has 18 heavy (non-hydrogen) atoms. The largest absolute Gasteiger partial charge is 0.371 e. The molecule has 0 atom stereocenters. The first-order valence-electron chi connectivity index (χ1n) is 6.21. The molecular weight excluding hydrogens is 308 g/mol. The topological polar surface area (TPSA) is 16.1 Å². The first-order chi connectivity index (χ1) is 8.74. The highest BCUT2D eigenvalue weighted by atomic mass is 79.9. The average molecular weight is 323 g/mol. The van der Waals surface area contributed by atoms with Gasteiger partial charge < -0.3 is 4.90 Å². The molecule has 2 heterocycles. The molecule has 2 nitrogen and oxygen atoms in total. The van der Waals surface area contributed by atoms with Crippen molar-refractivity contribution in [3.05, 3.63) is 33.1 Å². The summed E-state index contributed by atoms with van der Waals surface area (Å²) in [7, 11) is 0. The highest BCUT2D eigenvalue weighted by Crippen LogP contribution is 2.33. The van der Waals surface area contributed by atoms with Gasteiger partial charge in [-0.25, -0.2) is 4.98 Å². The van der Waals surface area contributed by atoms with E-state index in [1.165, 1.54) is 41.7 Å². The molecule has 0 bridgehead atoms. The fraction of sp³-hybridized carbons (Fsp3) is 0.357. The summed E-state index contributed by atoms with van der Waals surface area (Å²) in [6, 6.07) is 6.56. The van der Waals surface area contributed by atoms with Crippen LogP contribution < -0.4 is 4.90 Å². The predicted octanol–water partition coefficient (Wildman–Crippen LogP) is 4.48. The van der Waals surface area contributed by atoms with Crippen LogP contribution in [0.25, 0.3) is 11.3 Å². The van der Waals surface area contributed by atoms with E-state index in [1.54, 1.807) is 11.3 Å². The van der Waals surface area contributed by atoms with Gasteiger partial charge in [-0.05, 0) is 47.8 Å². The quantitative estimate of drug-likeness (QED) is 0.810. The zero-order chi connectivity index (χ0) is 12.5. The second-order valence-electron chi connectivity index (χ2n) is 4.61. The Hall–Kier alpha value is -0.870. The Morgan fingerprint density at radius 3 is 2.67 bits per heavy atom. The number of thiazole rings is 1. The van der Waals surface area contributed by atoms with Crippen molar-refractivity contribution in [1.29, 1.82) is 0 Å². The summed E-state index contributed by atoms with van der Waals surface area (Å²) in [6.45, 7) is 4.39. The van der Waals surface area contributed by atoms with Crippen molar-refractivity contribution >= 4 is 33.0 Å². The van der Waals surface area contributed by atoms with Crippen LogP contribution in [0, 0.1) is 6.92 Å². The van der Waals surface area contributed by atoms with E-state index in [0.29, 0.717) is 0 Å². The molecule has 0 saturated carbocycles. The van der Waals surface area contributed by atoms with E-state index in [9.17, 15) is 0 Å². The van der Waals surface area contributed by atoms with Crippen LogP contribution >= 0.6 is 27.3 Å². The van der Waals surface area contributed by atoms with Crippen molar-refractivity contribution in [2.24, 2.45) is 0 Å². The number of halogens is 1. The standard InChI is InChI=1S/C14H15BrN2S/c1-10-16-13(9-18-10)11-4-5-14(12(15)8-11)17-6-2-3-7-17/h4-5,8-9H,2-3,6-7H2,1H3. The Kier molecular flexibility index (Phi) is 3.39. The van der Waals surface area contributed by atoms with Crippen LogP contribution in [0.3, 0.4) is 0 Å². The van der Waals surface area contributed by atoms with Gasteiger partial charge in [0.1, 0.15) is 0 Å². The number of hydrogen-bond donors (Lipinski definition) is 0. The van der Waals surface area contributed by atoms with Crippen LogP contribution in [0.4, 0.5) is 5.69 Å². The number of aryl methyl sites for hydroxylation is 1. The minimum Gasteiger partial charge on any atom is -0.371 e. The van der Waals surface area contributed by atoms with Crippen molar-refractivity contribution < 1.29 is 0 Å². The lowest BCUT2D eigenvalue weighted by atomic mass is 10.1. The van der Waals surface area contributed by atoms with Gasteiger partial charge in [-0.1, -0.05) is 6.07 Å². The lowest BCUT2D eigenvalue weighted by molar-refractivity contribution is 0.949. The summed E-state index contributed by atoms with van der Waals surface area (Å²) >= 11 is 5.39. The number of rotatable bonds is 2. The summed E-state index contributed by atoms with van der Waals surface area (Å²) in [5.74, 6) is 0. The van der Waals surface area contributed by atoms with Gasteiger partial charge in [0.05, 0.1) is 16.4 Å². The molecule has 0 amide bonds. The molecule has 1 aliphatic rings. The highest BCUT2D eigenvalue weighted by Gasteiger charge is 2.15. The second kappa shape index (κ2) is 5.02. The van der Waals surface area contributed by atoms with Crippen molar-refractivity contribution in [1.82, 2.24) is 4.98 Å². The van der Waals surface area contributed by atoms with Crippen LogP contribution in [0.1, 0.15) is 17.8 Å². The molecule has 0 aliphatic carbocycles. The van der Waals surface area contributed by atoms with E-state index in [2.05, 4.69) is 49.4 Å². The zero-order valence-corrected chi connectivity index (χ0v) is 12.7. The molecule has 1 aliphatic heterocycles. The van der Waals surface area contributed by atoms with Gasteiger partial charge in [-0.15, -0.1) is 11.3 Å². The summed E-state index contributed by atoms with van der Waals surface area (Å²) in [5.41, 5.74) is 3.57. The zero-order valence-electron chi connectivity index (χ0n) is 10.3. The van der Waals surface area contributed by atoms with Gasteiger partial charge in [-0.3, -0.25) is 0 Å². The van der Waals surface area contributed by atoms with Gasteiger partial charge in [0.25, 0.3) is 0 Å². The highest BCUT2D eigenvalue weighted by molar-refractivity contribution is 9.10. The smallest absolute Gasteiger partial charge is 0.0901 e. The predicted molar refractivity (Wildman–Crippen MR) is 81.4 cm³/mol. The van der Waals surface area contributed by atoms with Crippen molar-refractivity contribution in [2.75, 3.05) is 18.0 Å². The lowest BCUT2D eigenvalue weighted by Crippen LogP contribution is -2.17. The molecule has 0 N–H and O–H groups in total. The van der Waals surface area contributed by atoms with Crippen molar-refractivity contribution in [3.8, 4) is 11.3 Å². The number of benzene rings is 1. The first kappa shape index (κ1) is 12.2. The maximum Gasteiger partial charge on any atom is 0.0901 e. The number of hydrogen-bond acceptors (Lipinski definition) is 3. The molecule has 0 radical (unpaired) electrons.